The normalized spacial score (nSPS) is 20.7. The molecule has 4 N–H and O–H groups in total. The van der Waals surface area contributed by atoms with Gasteiger partial charge < -0.3 is 20.4 Å². The predicted molar refractivity (Wildman–Crippen MR) is 117 cm³/mol. The molecule has 4 nitrogen and oxygen atoms in total. The van der Waals surface area contributed by atoms with Gasteiger partial charge in [0.05, 0.1) is 23.0 Å². The van der Waals surface area contributed by atoms with Crippen LogP contribution < -0.4 is 0 Å². The summed E-state index contributed by atoms with van der Waals surface area (Å²) in [4.78, 5) is 0. The molecule has 0 fully saturated rings. The molecule has 29 heavy (non-hydrogen) atoms. The monoisotopic (exact) mass is 440 g/mol. The van der Waals surface area contributed by atoms with Crippen LogP contribution in [0.2, 0.25) is 0 Å². The first-order chi connectivity index (χ1) is 13.6. The number of aliphatic hydroxyl groups excluding tert-OH is 4. The van der Waals surface area contributed by atoms with Gasteiger partial charge >= 0.3 is 0 Å². The smallest absolute Gasteiger partial charge is 0.0882 e. The minimum atomic E-state index is 0. The van der Waals surface area contributed by atoms with E-state index in [1.165, 1.54) is 51.4 Å². The molecule has 0 atom stereocenters. The Hall–Kier alpha value is -1.13. The van der Waals surface area contributed by atoms with Crippen LogP contribution in [-0.2, 0) is 21.7 Å². The maximum Gasteiger partial charge on any atom is 0.0882 e. The van der Waals surface area contributed by atoms with Crippen molar-refractivity contribution in [1.29, 1.82) is 0 Å². The molecular formula is C24H40O4Ti. The third kappa shape index (κ3) is 17.4. The van der Waals surface area contributed by atoms with Crippen molar-refractivity contribution in [2.45, 2.75) is 103 Å². The van der Waals surface area contributed by atoms with Crippen molar-refractivity contribution < 1.29 is 42.1 Å². The second kappa shape index (κ2) is 18.9. The molecule has 0 radical (unpaired) electrons. The molecule has 164 valence electrons. The molecule has 0 aromatic heterocycles. The van der Waals surface area contributed by atoms with E-state index in [-0.39, 0.29) is 21.7 Å². The Bertz CT molecular complexity index is 439. The molecule has 0 saturated carbocycles. The van der Waals surface area contributed by atoms with Crippen molar-refractivity contribution in [3.63, 3.8) is 0 Å². The summed E-state index contributed by atoms with van der Waals surface area (Å²) >= 11 is 0. The molecule has 0 spiro atoms. The Kier molecular flexibility index (Phi) is 18.1. The van der Waals surface area contributed by atoms with Crippen molar-refractivity contribution in [1.82, 2.24) is 0 Å². The second-order valence-electron chi connectivity index (χ2n) is 7.76. The van der Waals surface area contributed by atoms with Crippen LogP contribution in [0.15, 0.2) is 47.3 Å². The van der Waals surface area contributed by atoms with Crippen LogP contribution >= 0.6 is 0 Å². The maximum atomic E-state index is 8.77. The van der Waals surface area contributed by atoms with E-state index in [0.29, 0.717) is 23.0 Å². The Labute approximate surface area is 192 Å². The number of hydrogen-bond acceptors (Lipinski definition) is 4. The van der Waals surface area contributed by atoms with Crippen LogP contribution in [0.25, 0.3) is 0 Å². The standard InChI is InChI=1S/4C6H10O.Ti/c4*7-6-4-2-1-3-5-6;/h4*4,7H,1-3,5H2;. The van der Waals surface area contributed by atoms with Gasteiger partial charge in [-0.15, -0.1) is 0 Å². The number of hydrogen-bond donors (Lipinski definition) is 4. The Morgan fingerprint density at radius 2 is 0.586 bits per heavy atom. The average Bonchev–Trinajstić information content (AvgIpc) is 2.72. The average molecular weight is 440 g/mol. The molecule has 0 unspecified atom stereocenters. The molecule has 0 heterocycles. The quantitative estimate of drug-likeness (QED) is 0.288. The molecule has 4 aliphatic rings. The van der Waals surface area contributed by atoms with Crippen LogP contribution in [0.1, 0.15) is 103 Å². The van der Waals surface area contributed by atoms with E-state index in [1.54, 1.807) is 0 Å². The molecule has 0 aromatic rings. The van der Waals surface area contributed by atoms with E-state index in [1.807, 2.05) is 24.3 Å². The molecular weight excluding hydrogens is 400 g/mol. The van der Waals surface area contributed by atoms with Gasteiger partial charge in [-0.25, -0.2) is 0 Å². The maximum absolute atomic E-state index is 8.77. The fourth-order valence-corrected chi connectivity index (χ4v) is 3.28. The summed E-state index contributed by atoms with van der Waals surface area (Å²) in [6.07, 6.45) is 25.2. The van der Waals surface area contributed by atoms with Gasteiger partial charge in [0.2, 0.25) is 0 Å². The Balaban J connectivity index is 0.000000356. The third-order valence-electron chi connectivity index (χ3n) is 5.07. The number of allylic oxidation sites excluding steroid dienone is 8. The number of aliphatic hydroxyl groups is 4. The van der Waals surface area contributed by atoms with Crippen LogP contribution in [0.4, 0.5) is 0 Å². The first-order valence-electron chi connectivity index (χ1n) is 11.1. The van der Waals surface area contributed by atoms with E-state index in [0.717, 1.165) is 51.4 Å². The summed E-state index contributed by atoms with van der Waals surface area (Å²) in [5.41, 5.74) is 0. The van der Waals surface area contributed by atoms with Crippen LogP contribution in [0, 0.1) is 0 Å². The molecule has 0 amide bonds. The topological polar surface area (TPSA) is 80.9 Å². The van der Waals surface area contributed by atoms with E-state index >= 15 is 0 Å². The first-order valence-corrected chi connectivity index (χ1v) is 11.1. The van der Waals surface area contributed by atoms with E-state index in [9.17, 15) is 0 Å². The van der Waals surface area contributed by atoms with Crippen LogP contribution in [-0.4, -0.2) is 20.4 Å². The molecule has 4 aliphatic carbocycles. The zero-order chi connectivity index (χ0) is 20.5. The van der Waals surface area contributed by atoms with Gasteiger partial charge in [0.1, 0.15) is 0 Å². The fraction of sp³-hybridized carbons (Fsp3) is 0.667. The minimum absolute atomic E-state index is 0. The van der Waals surface area contributed by atoms with Gasteiger partial charge in [-0.2, -0.15) is 0 Å². The summed E-state index contributed by atoms with van der Waals surface area (Å²) in [6, 6.07) is 0. The summed E-state index contributed by atoms with van der Waals surface area (Å²) < 4.78 is 0. The Morgan fingerprint density at radius 3 is 0.655 bits per heavy atom. The summed E-state index contributed by atoms with van der Waals surface area (Å²) in [6.45, 7) is 0. The Morgan fingerprint density at radius 1 is 0.379 bits per heavy atom. The van der Waals surface area contributed by atoms with Crippen molar-refractivity contribution in [2.24, 2.45) is 0 Å². The molecule has 0 aliphatic heterocycles. The van der Waals surface area contributed by atoms with Gasteiger partial charge in [0, 0.05) is 47.4 Å². The van der Waals surface area contributed by atoms with Crippen molar-refractivity contribution in [3.8, 4) is 0 Å². The van der Waals surface area contributed by atoms with E-state index < -0.39 is 0 Å². The van der Waals surface area contributed by atoms with Gasteiger partial charge in [0.15, 0.2) is 0 Å². The number of rotatable bonds is 0. The molecule has 5 heteroatoms. The molecule has 0 aromatic carbocycles. The zero-order valence-electron chi connectivity index (χ0n) is 17.9. The molecule has 0 bridgehead atoms. The van der Waals surface area contributed by atoms with Crippen LogP contribution in [0.5, 0.6) is 0 Å². The fourth-order valence-electron chi connectivity index (χ4n) is 3.28. The van der Waals surface area contributed by atoms with E-state index in [4.69, 9.17) is 20.4 Å². The third-order valence-corrected chi connectivity index (χ3v) is 5.07. The second-order valence-corrected chi connectivity index (χ2v) is 7.76. The summed E-state index contributed by atoms with van der Waals surface area (Å²) in [7, 11) is 0. The molecule has 0 saturated heterocycles. The predicted octanol–water partition coefficient (Wildman–Crippen LogP) is 8.01. The van der Waals surface area contributed by atoms with Crippen molar-refractivity contribution >= 4 is 0 Å². The van der Waals surface area contributed by atoms with Crippen molar-refractivity contribution in [2.75, 3.05) is 0 Å². The van der Waals surface area contributed by atoms with Gasteiger partial charge in [-0.1, -0.05) is 0 Å². The molecule has 4 rings (SSSR count). The zero-order valence-corrected chi connectivity index (χ0v) is 19.5. The van der Waals surface area contributed by atoms with Crippen LogP contribution in [0.3, 0.4) is 0 Å². The van der Waals surface area contributed by atoms with E-state index in [2.05, 4.69) is 0 Å². The van der Waals surface area contributed by atoms with Gasteiger partial charge in [0.25, 0.3) is 0 Å². The first kappa shape index (κ1) is 27.9. The van der Waals surface area contributed by atoms with Crippen molar-refractivity contribution in [3.05, 3.63) is 47.3 Å². The minimum Gasteiger partial charge on any atom is -0.513 e. The SMILES string of the molecule is OC1=CCCCC1.OC1=CCCCC1.OC1=CCCCC1.OC1=CCCCC1.[Ti]. The summed E-state index contributed by atoms with van der Waals surface area (Å²) in [5.74, 6) is 2.36. The largest absolute Gasteiger partial charge is 0.513 e. The van der Waals surface area contributed by atoms with Gasteiger partial charge in [-0.3, -0.25) is 0 Å². The van der Waals surface area contributed by atoms with Gasteiger partial charge in [-0.05, 0) is 101 Å². The summed E-state index contributed by atoms with van der Waals surface area (Å²) in [5, 5.41) is 35.1.